The Bertz CT molecular complexity index is 361. The molecular weight excluding hydrogens is 202 g/mol. The summed E-state index contributed by atoms with van der Waals surface area (Å²) in [5.41, 5.74) is 2.33. The Morgan fingerprint density at radius 1 is 1.38 bits per heavy atom. The molecule has 1 amide bonds. The quantitative estimate of drug-likeness (QED) is 0.785. The van der Waals surface area contributed by atoms with Crippen molar-refractivity contribution in [3.05, 3.63) is 35.4 Å². The van der Waals surface area contributed by atoms with Crippen molar-refractivity contribution in [3.63, 3.8) is 0 Å². The van der Waals surface area contributed by atoms with Gasteiger partial charge in [0.2, 0.25) is 0 Å². The molecule has 0 heterocycles. The molecule has 0 radical (unpaired) electrons. The molecule has 0 aliphatic carbocycles. The van der Waals surface area contributed by atoms with Crippen LogP contribution in [0.1, 0.15) is 25.0 Å². The smallest absolute Gasteiger partial charge is 0.410 e. The second kappa shape index (κ2) is 5.54. The van der Waals surface area contributed by atoms with Gasteiger partial charge in [-0.25, -0.2) is 4.79 Å². The average molecular weight is 221 g/mol. The minimum atomic E-state index is -0.279. The molecule has 1 aromatic carbocycles. The Balaban J connectivity index is 2.61. The van der Waals surface area contributed by atoms with Gasteiger partial charge >= 0.3 is 6.09 Å². The number of hydrogen-bond acceptors (Lipinski definition) is 2. The van der Waals surface area contributed by atoms with E-state index in [9.17, 15) is 4.79 Å². The monoisotopic (exact) mass is 221 g/mol. The number of carbonyl (C=O) groups excluding carboxylic acids is 1. The number of hydrogen-bond donors (Lipinski definition) is 0. The molecule has 0 N–H and O–H groups in total. The van der Waals surface area contributed by atoms with Crippen molar-refractivity contribution in [1.29, 1.82) is 0 Å². The summed E-state index contributed by atoms with van der Waals surface area (Å²) in [6.07, 6.45) is -0.356. The fraction of sp³-hybridized carbons (Fsp3) is 0.462. The van der Waals surface area contributed by atoms with Crippen LogP contribution in [0.15, 0.2) is 24.3 Å². The van der Waals surface area contributed by atoms with Gasteiger partial charge in [0, 0.05) is 13.6 Å². The third-order valence-electron chi connectivity index (χ3n) is 2.32. The maximum atomic E-state index is 11.6. The predicted molar refractivity (Wildman–Crippen MR) is 64.3 cm³/mol. The average Bonchev–Trinajstić information content (AvgIpc) is 2.20. The maximum absolute atomic E-state index is 11.6. The first kappa shape index (κ1) is 12.6. The zero-order valence-corrected chi connectivity index (χ0v) is 10.4. The Morgan fingerprint density at radius 2 is 2.00 bits per heavy atom. The number of nitrogens with zero attached hydrogens (tertiary/aromatic N) is 1. The Hall–Kier alpha value is -1.51. The number of carbonyl (C=O) groups is 1. The lowest BCUT2D eigenvalue weighted by atomic mass is 10.1. The van der Waals surface area contributed by atoms with E-state index in [0.717, 1.165) is 5.56 Å². The minimum Gasteiger partial charge on any atom is -0.447 e. The summed E-state index contributed by atoms with van der Waals surface area (Å²) in [5, 5.41) is 0. The van der Waals surface area contributed by atoms with Crippen LogP contribution in [-0.4, -0.2) is 24.1 Å². The first-order valence-electron chi connectivity index (χ1n) is 5.47. The normalized spacial score (nSPS) is 10.3. The van der Waals surface area contributed by atoms with Crippen LogP contribution >= 0.6 is 0 Å². The second-order valence-corrected chi connectivity index (χ2v) is 4.22. The van der Waals surface area contributed by atoms with E-state index < -0.39 is 0 Å². The third-order valence-corrected chi connectivity index (χ3v) is 2.32. The van der Waals surface area contributed by atoms with Crippen molar-refractivity contribution in [2.75, 3.05) is 7.05 Å². The molecule has 0 spiro atoms. The molecule has 0 fully saturated rings. The fourth-order valence-corrected chi connectivity index (χ4v) is 1.40. The lowest BCUT2D eigenvalue weighted by Gasteiger charge is -2.19. The van der Waals surface area contributed by atoms with E-state index in [1.54, 1.807) is 11.9 Å². The standard InChI is InChI=1S/C13H19NO2/c1-10(2)16-13(15)14(4)9-12-8-6-5-7-11(12)3/h5-8,10H,9H2,1-4H3. The number of rotatable bonds is 3. The Labute approximate surface area is 97.0 Å². The zero-order chi connectivity index (χ0) is 12.1. The number of aryl methyl sites for hydroxylation is 1. The highest BCUT2D eigenvalue weighted by Crippen LogP contribution is 2.10. The molecule has 0 saturated heterocycles. The van der Waals surface area contributed by atoms with Crippen molar-refractivity contribution in [2.45, 2.75) is 33.4 Å². The van der Waals surface area contributed by atoms with Crippen LogP contribution in [0.25, 0.3) is 0 Å². The highest BCUT2D eigenvalue weighted by Gasteiger charge is 2.12. The summed E-state index contributed by atoms with van der Waals surface area (Å²) < 4.78 is 5.11. The predicted octanol–water partition coefficient (Wildman–Crippen LogP) is 2.97. The van der Waals surface area contributed by atoms with Crippen LogP contribution in [0, 0.1) is 6.92 Å². The van der Waals surface area contributed by atoms with E-state index in [-0.39, 0.29) is 12.2 Å². The summed E-state index contributed by atoms with van der Waals surface area (Å²) in [6, 6.07) is 8.03. The number of amides is 1. The molecule has 0 aliphatic heterocycles. The van der Waals surface area contributed by atoms with Crippen molar-refractivity contribution in [1.82, 2.24) is 4.90 Å². The first-order valence-corrected chi connectivity index (χ1v) is 5.47. The fourth-order valence-electron chi connectivity index (χ4n) is 1.40. The summed E-state index contributed by atoms with van der Waals surface area (Å²) in [5.74, 6) is 0. The molecule has 1 rings (SSSR count). The summed E-state index contributed by atoms with van der Waals surface area (Å²) in [6.45, 7) is 6.31. The second-order valence-electron chi connectivity index (χ2n) is 4.22. The number of benzene rings is 1. The van der Waals surface area contributed by atoms with Crippen molar-refractivity contribution in [3.8, 4) is 0 Å². The molecule has 0 unspecified atom stereocenters. The zero-order valence-electron chi connectivity index (χ0n) is 10.4. The van der Waals surface area contributed by atoms with Gasteiger partial charge in [-0.3, -0.25) is 0 Å². The third kappa shape index (κ3) is 3.57. The van der Waals surface area contributed by atoms with Crippen LogP contribution < -0.4 is 0 Å². The van der Waals surface area contributed by atoms with Crippen LogP contribution in [0.3, 0.4) is 0 Å². The van der Waals surface area contributed by atoms with E-state index in [1.165, 1.54) is 5.56 Å². The van der Waals surface area contributed by atoms with E-state index in [4.69, 9.17) is 4.74 Å². The molecule has 0 atom stereocenters. The largest absolute Gasteiger partial charge is 0.447 e. The minimum absolute atomic E-state index is 0.0770. The summed E-state index contributed by atoms with van der Waals surface area (Å²) in [7, 11) is 1.75. The van der Waals surface area contributed by atoms with Gasteiger partial charge in [-0.1, -0.05) is 24.3 Å². The molecule has 0 bridgehead atoms. The maximum Gasteiger partial charge on any atom is 0.410 e. The van der Waals surface area contributed by atoms with Crippen molar-refractivity contribution < 1.29 is 9.53 Å². The lowest BCUT2D eigenvalue weighted by Crippen LogP contribution is -2.29. The van der Waals surface area contributed by atoms with E-state index in [2.05, 4.69) is 0 Å². The summed E-state index contributed by atoms with van der Waals surface area (Å²) >= 11 is 0. The van der Waals surface area contributed by atoms with Crippen LogP contribution in [0.5, 0.6) is 0 Å². The van der Waals surface area contributed by atoms with Crippen molar-refractivity contribution >= 4 is 6.09 Å². The van der Waals surface area contributed by atoms with Gasteiger partial charge in [0.05, 0.1) is 6.10 Å². The highest BCUT2D eigenvalue weighted by molar-refractivity contribution is 5.67. The topological polar surface area (TPSA) is 29.5 Å². The number of ether oxygens (including phenoxy) is 1. The SMILES string of the molecule is Cc1ccccc1CN(C)C(=O)OC(C)C. The molecule has 3 nitrogen and oxygen atoms in total. The van der Waals surface area contributed by atoms with Gasteiger partial charge in [0.15, 0.2) is 0 Å². The molecular formula is C13H19NO2. The van der Waals surface area contributed by atoms with Gasteiger partial charge in [-0.15, -0.1) is 0 Å². The van der Waals surface area contributed by atoms with Gasteiger partial charge in [0.1, 0.15) is 0 Å². The van der Waals surface area contributed by atoms with Crippen molar-refractivity contribution in [2.24, 2.45) is 0 Å². The molecule has 0 aliphatic rings. The molecule has 16 heavy (non-hydrogen) atoms. The lowest BCUT2D eigenvalue weighted by molar-refractivity contribution is 0.0822. The Kier molecular flexibility index (Phi) is 4.35. The van der Waals surface area contributed by atoms with Gasteiger partial charge in [-0.05, 0) is 31.9 Å². The molecule has 3 heteroatoms. The molecule has 0 aromatic heterocycles. The van der Waals surface area contributed by atoms with E-state index in [1.807, 2.05) is 45.0 Å². The van der Waals surface area contributed by atoms with Gasteiger partial charge in [-0.2, -0.15) is 0 Å². The molecule has 88 valence electrons. The van der Waals surface area contributed by atoms with Crippen LogP contribution in [-0.2, 0) is 11.3 Å². The summed E-state index contributed by atoms with van der Waals surface area (Å²) in [4.78, 5) is 13.2. The van der Waals surface area contributed by atoms with Gasteiger partial charge in [0.25, 0.3) is 0 Å². The van der Waals surface area contributed by atoms with E-state index in [0.29, 0.717) is 6.54 Å². The molecule has 0 saturated carbocycles. The van der Waals surface area contributed by atoms with Gasteiger partial charge < -0.3 is 9.64 Å². The van der Waals surface area contributed by atoms with Crippen LogP contribution in [0.2, 0.25) is 0 Å². The highest BCUT2D eigenvalue weighted by atomic mass is 16.6. The van der Waals surface area contributed by atoms with E-state index >= 15 is 0 Å². The molecule has 1 aromatic rings. The van der Waals surface area contributed by atoms with Crippen LogP contribution in [0.4, 0.5) is 4.79 Å². The first-order chi connectivity index (χ1) is 7.50. The Morgan fingerprint density at radius 3 is 2.56 bits per heavy atom.